The number of alkyl halides is 3. The van der Waals surface area contributed by atoms with Gasteiger partial charge < -0.3 is 14.9 Å². The van der Waals surface area contributed by atoms with Crippen LogP contribution in [-0.2, 0) is 17.4 Å². The van der Waals surface area contributed by atoms with E-state index < -0.39 is 17.7 Å². The predicted octanol–water partition coefficient (Wildman–Crippen LogP) is 5.84. The maximum absolute atomic E-state index is 13.7. The summed E-state index contributed by atoms with van der Waals surface area (Å²) in [5, 5.41) is 15.3. The van der Waals surface area contributed by atoms with Crippen molar-refractivity contribution < 1.29 is 27.6 Å². The minimum Gasteiger partial charge on any atom is -0.480 e. The fourth-order valence-electron chi connectivity index (χ4n) is 2.91. The Bertz CT molecular complexity index is 1100. The molecule has 34 heavy (non-hydrogen) atoms. The monoisotopic (exact) mass is 475 g/mol. The first kappa shape index (κ1) is 26.8. The largest absolute Gasteiger partial charge is 0.480 e. The van der Waals surface area contributed by atoms with Crippen LogP contribution < -0.4 is 5.32 Å². The smallest absolute Gasteiger partial charge is 0.416 e. The molecular formula is C25H28F3N3O3. The highest BCUT2D eigenvalue weighted by atomic mass is 19.4. The highest BCUT2D eigenvalue weighted by Crippen LogP contribution is 2.35. The predicted molar refractivity (Wildman–Crippen MR) is 125 cm³/mol. The molecule has 182 valence electrons. The minimum atomic E-state index is -4.52. The van der Waals surface area contributed by atoms with Crippen LogP contribution in [0.2, 0.25) is 0 Å². The van der Waals surface area contributed by atoms with Gasteiger partial charge in [-0.15, -0.1) is 0 Å². The second kappa shape index (κ2) is 12.7. The summed E-state index contributed by atoms with van der Waals surface area (Å²) in [6.45, 7) is 5.80. The lowest BCUT2D eigenvalue weighted by molar-refractivity contribution is -0.138. The van der Waals surface area contributed by atoms with E-state index in [1.807, 2.05) is 19.9 Å². The van der Waals surface area contributed by atoms with Crippen LogP contribution in [-0.4, -0.2) is 34.3 Å². The summed E-state index contributed by atoms with van der Waals surface area (Å²) in [5.74, 6) is -0.702. The van der Waals surface area contributed by atoms with Gasteiger partial charge in [0.2, 0.25) is 0 Å². The van der Waals surface area contributed by atoms with Crippen molar-refractivity contribution in [1.82, 2.24) is 15.5 Å². The Labute approximate surface area is 196 Å². The van der Waals surface area contributed by atoms with Crippen LogP contribution in [0.3, 0.4) is 0 Å². The zero-order valence-electron chi connectivity index (χ0n) is 19.3. The molecule has 0 spiro atoms. The van der Waals surface area contributed by atoms with Gasteiger partial charge in [-0.05, 0) is 50.0 Å². The Morgan fingerprint density at radius 2 is 1.88 bits per heavy atom. The number of carbonyl (C=O) groups is 1. The number of aromatic nitrogens is 2. The molecule has 0 aliphatic carbocycles. The maximum Gasteiger partial charge on any atom is 0.416 e. The number of nitrogens with one attached hydrogen (secondary N) is 1. The molecule has 0 unspecified atom stereocenters. The van der Waals surface area contributed by atoms with Crippen molar-refractivity contribution in [3.63, 3.8) is 0 Å². The summed E-state index contributed by atoms with van der Waals surface area (Å²) >= 11 is 0. The lowest BCUT2D eigenvalue weighted by Gasteiger charge is -2.12. The van der Waals surface area contributed by atoms with Crippen molar-refractivity contribution >= 4 is 11.5 Å². The van der Waals surface area contributed by atoms with Gasteiger partial charge in [0.15, 0.2) is 5.82 Å². The molecule has 2 aromatic rings. The third-order valence-electron chi connectivity index (χ3n) is 4.70. The molecule has 0 amide bonds. The summed E-state index contributed by atoms with van der Waals surface area (Å²) in [5.41, 5.74) is 1.13. The Morgan fingerprint density at radius 3 is 2.56 bits per heavy atom. The highest BCUT2D eigenvalue weighted by Gasteiger charge is 2.33. The highest BCUT2D eigenvalue weighted by molar-refractivity contribution is 5.69. The first-order valence-electron chi connectivity index (χ1n) is 10.7. The van der Waals surface area contributed by atoms with Gasteiger partial charge in [-0.1, -0.05) is 60.2 Å². The quantitative estimate of drug-likeness (QED) is 0.397. The number of halogens is 3. The molecule has 0 aliphatic rings. The zero-order chi connectivity index (χ0) is 25.1. The van der Waals surface area contributed by atoms with Crippen LogP contribution in [0.5, 0.6) is 0 Å². The fourth-order valence-corrected chi connectivity index (χ4v) is 2.91. The number of aliphatic carboxylic acids is 1. The van der Waals surface area contributed by atoms with Crippen molar-refractivity contribution in [1.29, 1.82) is 0 Å². The van der Waals surface area contributed by atoms with E-state index in [2.05, 4.69) is 15.5 Å². The summed E-state index contributed by atoms with van der Waals surface area (Å²) in [7, 11) is 0. The maximum atomic E-state index is 13.7. The van der Waals surface area contributed by atoms with E-state index in [-0.39, 0.29) is 35.8 Å². The third kappa shape index (κ3) is 8.47. The Kier molecular flexibility index (Phi) is 10.0. The van der Waals surface area contributed by atoms with Gasteiger partial charge in [0.1, 0.15) is 0 Å². The van der Waals surface area contributed by atoms with Crippen LogP contribution in [0.15, 0.2) is 64.8 Å². The third-order valence-corrected chi connectivity index (χ3v) is 4.70. The number of hydrogen-bond donors (Lipinski definition) is 2. The minimum absolute atomic E-state index is 0.00922. The van der Waals surface area contributed by atoms with E-state index in [0.29, 0.717) is 12.1 Å². The lowest BCUT2D eigenvalue weighted by atomic mass is 10.0. The number of carboxylic acids is 1. The fraction of sp³-hybridized carbons (Fsp3) is 0.320. The Hall–Kier alpha value is -3.46. The molecule has 0 aliphatic heterocycles. The summed E-state index contributed by atoms with van der Waals surface area (Å²) in [6.07, 6.45) is 7.13. The molecule has 0 saturated carbocycles. The summed E-state index contributed by atoms with van der Waals surface area (Å²) in [6, 6.07) is 3.99. The first-order chi connectivity index (χ1) is 16.1. The number of nitrogens with zero attached hydrogens (tertiary/aromatic N) is 2. The molecule has 0 saturated heterocycles. The standard InChI is InChI=1S/C25H28F3N3O3/c1-4-5-6-7-8-9-19-12-13-20(14-21(19)25(26,27)28)24-30-23(31-34-24)18(3)11-10-17(2)15-29-16-22(32)33/h5-8,10-14,29H,4,9,15-16H2,1-3H3,(H,32,33). The van der Waals surface area contributed by atoms with E-state index in [0.717, 1.165) is 18.1 Å². The van der Waals surface area contributed by atoms with Crippen molar-refractivity contribution in [2.24, 2.45) is 0 Å². The van der Waals surface area contributed by atoms with Gasteiger partial charge in [0.25, 0.3) is 5.89 Å². The van der Waals surface area contributed by atoms with Gasteiger partial charge in [-0.2, -0.15) is 18.2 Å². The molecule has 0 fully saturated rings. The molecular weight excluding hydrogens is 447 g/mol. The molecule has 1 aromatic heterocycles. The average Bonchev–Trinajstić information content (AvgIpc) is 3.27. The number of hydrogen-bond acceptors (Lipinski definition) is 5. The van der Waals surface area contributed by atoms with Gasteiger partial charge in [-0.25, -0.2) is 0 Å². The van der Waals surface area contributed by atoms with Crippen LogP contribution in [0.4, 0.5) is 13.2 Å². The molecule has 9 heteroatoms. The van der Waals surface area contributed by atoms with E-state index in [1.54, 1.807) is 37.3 Å². The van der Waals surface area contributed by atoms with Crippen molar-refractivity contribution in [3.05, 3.63) is 77.2 Å². The lowest BCUT2D eigenvalue weighted by Crippen LogP contribution is -2.23. The van der Waals surface area contributed by atoms with Gasteiger partial charge in [0.05, 0.1) is 12.1 Å². The molecule has 1 heterocycles. The second-order valence-electron chi connectivity index (χ2n) is 7.62. The number of benzene rings is 1. The molecule has 2 N–H and O–H groups in total. The van der Waals surface area contributed by atoms with Crippen molar-refractivity contribution in [2.45, 2.75) is 39.8 Å². The average molecular weight is 476 g/mol. The van der Waals surface area contributed by atoms with Crippen LogP contribution in [0.1, 0.15) is 44.1 Å². The molecule has 0 radical (unpaired) electrons. The van der Waals surface area contributed by atoms with Gasteiger partial charge in [-0.3, -0.25) is 4.79 Å². The molecule has 2 rings (SSSR count). The Morgan fingerprint density at radius 1 is 1.15 bits per heavy atom. The first-order valence-corrected chi connectivity index (χ1v) is 10.7. The van der Waals surface area contributed by atoms with E-state index in [9.17, 15) is 18.0 Å². The summed E-state index contributed by atoms with van der Waals surface area (Å²) < 4.78 is 46.2. The number of carboxylic acid groups (broad SMARTS) is 1. The SMILES string of the molecule is CCC=CC=CCc1ccc(-c2nc(C(C)=CC=C(C)CNCC(=O)O)no2)cc1C(F)(F)F. The van der Waals surface area contributed by atoms with Gasteiger partial charge >= 0.3 is 12.1 Å². The van der Waals surface area contributed by atoms with E-state index in [4.69, 9.17) is 9.63 Å². The van der Waals surface area contributed by atoms with Crippen molar-refractivity contribution in [2.75, 3.05) is 13.1 Å². The second-order valence-corrected chi connectivity index (χ2v) is 7.62. The number of rotatable bonds is 11. The molecule has 0 atom stereocenters. The van der Waals surface area contributed by atoms with Crippen LogP contribution in [0, 0.1) is 0 Å². The number of allylic oxidation sites excluding steroid dienone is 7. The molecule has 6 nitrogen and oxygen atoms in total. The Balaban J connectivity index is 2.20. The van der Waals surface area contributed by atoms with Crippen LogP contribution in [0.25, 0.3) is 17.0 Å². The van der Waals surface area contributed by atoms with E-state index in [1.165, 1.54) is 12.1 Å². The molecule has 1 aromatic carbocycles. The van der Waals surface area contributed by atoms with Gasteiger partial charge in [0, 0.05) is 12.1 Å². The van der Waals surface area contributed by atoms with Crippen molar-refractivity contribution in [3.8, 4) is 11.5 Å². The normalized spacial score (nSPS) is 13.4. The zero-order valence-corrected chi connectivity index (χ0v) is 19.3. The van der Waals surface area contributed by atoms with Crippen LogP contribution >= 0.6 is 0 Å². The summed E-state index contributed by atoms with van der Waals surface area (Å²) in [4.78, 5) is 14.8. The van der Waals surface area contributed by atoms with E-state index >= 15 is 0 Å². The topological polar surface area (TPSA) is 88.2 Å². The molecule has 0 bridgehead atoms.